The van der Waals surface area contributed by atoms with Crippen molar-refractivity contribution in [2.24, 2.45) is 5.92 Å². The van der Waals surface area contributed by atoms with Crippen LogP contribution in [0.3, 0.4) is 0 Å². The van der Waals surface area contributed by atoms with Gasteiger partial charge in [0.1, 0.15) is 0 Å². The molecular formula is C9H17N3O. The third-order valence-electron chi connectivity index (χ3n) is 3.03. The Kier molecular flexibility index (Phi) is 2.40. The predicted octanol–water partition coefficient (Wildman–Crippen LogP) is 0.00960. The molecule has 2 unspecified atom stereocenters. The van der Waals surface area contributed by atoms with E-state index < -0.39 is 0 Å². The number of urea groups is 1. The van der Waals surface area contributed by atoms with Crippen LogP contribution in [0.1, 0.15) is 12.8 Å². The van der Waals surface area contributed by atoms with Crippen LogP contribution in [-0.4, -0.2) is 43.7 Å². The highest BCUT2D eigenvalue weighted by Crippen LogP contribution is 2.19. The molecule has 2 amide bonds. The van der Waals surface area contributed by atoms with Crippen LogP contribution in [0.2, 0.25) is 0 Å². The van der Waals surface area contributed by atoms with Crippen LogP contribution < -0.4 is 10.6 Å². The summed E-state index contributed by atoms with van der Waals surface area (Å²) < 4.78 is 0. The summed E-state index contributed by atoms with van der Waals surface area (Å²) in [7, 11) is 2.15. The van der Waals surface area contributed by atoms with Crippen molar-refractivity contribution in [2.45, 2.75) is 18.9 Å². The molecule has 2 rings (SSSR count). The van der Waals surface area contributed by atoms with E-state index in [-0.39, 0.29) is 6.03 Å². The molecule has 0 aromatic heterocycles. The van der Waals surface area contributed by atoms with E-state index in [1.807, 2.05) is 0 Å². The molecule has 0 radical (unpaired) electrons. The quantitative estimate of drug-likeness (QED) is 0.601. The first-order chi connectivity index (χ1) is 6.25. The first-order valence-electron chi connectivity index (χ1n) is 4.98. The van der Waals surface area contributed by atoms with Crippen molar-refractivity contribution in [1.82, 2.24) is 15.5 Å². The van der Waals surface area contributed by atoms with E-state index in [0.717, 1.165) is 13.1 Å². The minimum Gasteiger partial charge on any atom is -0.336 e. The standard InChI is InChI=1S/C9H17N3O/c1-12-4-2-3-7(6-12)8-5-10-9(13)11-8/h7-8H,2-6H2,1H3,(H2,10,11,13). The molecule has 0 aliphatic carbocycles. The molecule has 0 bridgehead atoms. The van der Waals surface area contributed by atoms with Crippen LogP contribution in [0.25, 0.3) is 0 Å². The average Bonchev–Trinajstić information content (AvgIpc) is 2.52. The molecule has 2 saturated heterocycles. The molecule has 0 aromatic carbocycles. The molecule has 2 aliphatic heterocycles. The summed E-state index contributed by atoms with van der Waals surface area (Å²) >= 11 is 0. The van der Waals surface area contributed by atoms with E-state index in [1.54, 1.807) is 0 Å². The van der Waals surface area contributed by atoms with E-state index in [4.69, 9.17) is 0 Å². The third kappa shape index (κ3) is 1.94. The summed E-state index contributed by atoms with van der Waals surface area (Å²) in [6, 6.07) is 0.355. The summed E-state index contributed by atoms with van der Waals surface area (Å²) in [5, 5.41) is 5.78. The first kappa shape index (κ1) is 8.81. The van der Waals surface area contributed by atoms with Gasteiger partial charge in [-0.15, -0.1) is 0 Å². The molecular weight excluding hydrogens is 166 g/mol. The molecule has 2 atom stereocenters. The molecule has 74 valence electrons. The molecule has 13 heavy (non-hydrogen) atoms. The monoisotopic (exact) mass is 183 g/mol. The fraction of sp³-hybridized carbons (Fsp3) is 0.889. The van der Waals surface area contributed by atoms with Crippen molar-refractivity contribution in [3.8, 4) is 0 Å². The van der Waals surface area contributed by atoms with Crippen molar-refractivity contribution >= 4 is 6.03 Å². The molecule has 2 aliphatic rings. The number of amides is 2. The third-order valence-corrected chi connectivity index (χ3v) is 3.03. The number of nitrogens with one attached hydrogen (secondary N) is 2. The molecule has 4 heteroatoms. The Morgan fingerprint density at radius 2 is 2.38 bits per heavy atom. The van der Waals surface area contributed by atoms with Gasteiger partial charge in [0.2, 0.25) is 0 Å². The average molecular weight is 183 g/mol. The zero-order valence-electron chi connectivity index (χ0n) is 8.05. The first-order valence-corrected chi connectivity index (χ1v) is 4.98. The number of hydrogen-bond donors (Lipinski definition) is 2. The Morgan fingerprint density at radius 1 is 1.54 bits per heavy atom. The highest BCUT2D eigenvalue weighted by atomic mass is 16.2. The fourth-order valence-corrected chi connectivity index (χ4v) is 2.29. The zero-order valence-corrected chi connectivity index (χ0v) is 8.05. The van der Waals surface area contributed by atoms with Crippen molar-refractivity contribution in [3.05, 3.63) is 0 Å². The largest absolute Gasteiger partial charge is 0.336 e. The molecule has 0 spiro atoms. The smallest absolute Gasteiger partial charge is 0.315 e. The Labute approximate surface area is 78.7 Å². The van der Waals surface area contributed by atoms with Crippen LogP contribution >= 0.6 is 0 Å². The summed E-state index contributed by atoms with van der Waals surface area (Å²) in [4.78, 5) is 13.3. The summed E-state index contributed by atoms with van der Waals surface area (Å²) in [5.74, 6) is 0.637. The zero-order chi connectivity index (χ0) is 9.26. The fourth-order valence-electron chi connectivity index (χ4n) is 2.29. The number of carbonyl (C=O) groups excluding carboxylic acids is 1. The van der Waals surface area contributed by atoms with E-state index in [2.05, 4.69) is 22.6 Å². The summed E-state index contributed by atoms with van der Waals surface area (Å²) in [6.07, 6.45) is 2.50. The Bertz CT molecular complexity index is 207. The van der Waals surface area contributed by atoms with Crippen LogP contribution in [0, 0.1) is 5.92 Å². The van der Waals surface area contributed by atoms with Gasteiger partial charge in [-0.05, 0) is 32.4 Å². The molecule has 2 N–H and O–H groups in total. The number of carbonyl (C=O) groups is 1. The Morgan fingerprint density at radius 3 is 3.00 bits per heavy atom. The lowest BCUT2D eigenvalue weighted by molar-refractivity contribution is 0.184. The van der Waals surface area contributed by atoms with Gasteiger partial charge in [-0.3, -0.25) is 0 Å². The van der Waals surface area contributed by atoms with Gasteiger partial charge in [-0.25, -0.2) is 4.79 Å². The molecule has 2 heterocycles. The maximum atomic E-state index is 10.9. The van der Waals surface area contributed by atoms with Crippen molar-refractivity contribution in [3.63, 3.8) is 0 Å². The van der Waals surface area contributed by atoms with Gasteiger partial charge in [-0.2, -0.15) is 0 Å². The highest BCUT2D eigenvalue weighted by Gasteiger charge is 2.30. The van der Waals surface area contributed by atoms with Crippen molar-refractivity contribution < 1.29 is 4.79 Å². The lowest BCUT2D eigenvalue weighted by atomic mass is 9.91. The Balaban J connectivity index is 1.89. The topological polar surface area (TPSA) is 44.4 Å². The second-order valence-corrected chi connectivity index (χ2v) is 4.13. The van der Waals surface area contributed by atoms with Gasteiger partial charge in [0.25, 0.3) is 0 Å². The molecule has 0 aromatic rings. The number of hydrogen-bond acceptors (Lipinski definition) is 2. The lowest BCUT2D eigenvalue weighted by Gasteiger charge is -2.32. The number of likely N-dealkylation sites (tertiary alicyclic amines) is 1. The minimum atomic E-state index is -0.00164. The van der Waals surface area contributed by atoms with Gasteiger partial charge in [0.15, 0.2) is 0 Å². The van der Waals surface area contributed by atoms with E-state index in [1.165, 1.54) is 19.4 Å². The van der Waals surface area contributed by atoms with E-state index in [9.17, 15) is 4.79 Å². The highest BCUT2D eigenvalue weighted by molar-refractivity contribution is 5.76. The maximum Gasteiger partial charge on any atom is 0.315 e. The van der Waals surface area contributed by atoms with Gasteiger partial charge < -0.3 is 15.5 Å². The molecule has 0 saturated carbocycles. The van der Waals surface area contributed by atoms with Crippen LogP contribution in [0.4, 0.5) is 4.79 Å². The minimum absolute atomic E-state index is 0.00164. The van der Waals surface area contributed by atoms with Gasteiger partial charge in [0, 0.05) is 13.1 Å². The second-order valence-electron chi connectivity index (χ2n) is 4.13. The molecule has 4 nitrogen and oxygen atoms in total. The Hall–Kier alpha value is -0.770. The van der Waals surface area contributed by atoms with E-state index in [0.29, 0.717) is 12.0 Å². The maximum absolute atomic E-state index is 10.9. The number of piperidine rings is 1. The molecule has 2 fully saturated rings. The van der Waals surface area contributed by atoms with Gasteiger partial charge >= 0.3 is 6.03 Å². The SMILES string of the molecule is CN1CCCC(C2CNC(=O)N2)C1. The second kappa shape index (κ2) is 3.54. The van der Waals surface area contributed by atoms with Crippen LogP contribution in [0.15, 0.2) is 0 Å². The van der Waals surface area contributed by atoms with Crippen molar-refractivity contribution in [1.29, 1.82) is 0 Å². The van der Waals surface area contributed by atoms with Gasteiger partial charge in [0.05, 0.1) is 6.04 Å². The number of nitrogens with zero attached hydrogens (tertiary/aromatic N) is 1. The summed E-state index contributed by atoms with van der Waals surface area (Å²) in [6.45, 7) is 3.12. The van der Waals surface area contributed by atoms with Gasteiger partial charge in [-0.1, -0.05) is 0 Å². The predicted molar refractivity (Wildman–Crippen MR) is 50.5 cm³/mol. The normalized spacial score (nSPS) is 35.6. The van der Waals surface area contributed by atoms with Crippen molar-refractivity contribution in [2.75, 3.05) is 26.7 Å². The number of rotatable bonds is 1. The van der Waals surface area contributed by atoms with E-state index >= 15 is 0 Å². The van der Waals surface area contributed by atoms with Crippen LogP contribution in [0.5, 0.6) is 0 Å². The van der Waals surface area contributed by atoms with Crippen LogP contribution in [-0.2, 0) is 0 Å². The summed E-state index contributed by atoms with van der Waals surface area (Å²) in [5.41, 5.74) is 0. The lowest BCUT2D eigenvalue weighted by Crippen LogP contribution is -2.43.